The van der Waals surface area contributed by atoms with E-state index < -0.39 is 0 Å². The maximum atomic E-state index is 11.6. The first-order valence-electron chi connectivity index (χ1n) is 4.69. The molecule has 2 rings (SSSR count). The number of anilines is 1. The Morgan fingerprint density at radius 3 is 3.07 bits per heavy atom. The predicted molar refractivity (Wildman–Crippen MR) is 54.1 cm³/mol. The van der Waals surface area contributed by atoms with E-state index in [2.05, 4.69) is 10.3 Å². The first-order chi connectivity index (χ1) is 6.81. The predicted octanol–water partition coefficient (Wildman–Crippen LogP) is 0.406. The Morgan fingerprint density at radius 2 is 2.50 bits per heavy atom. The number of carbonyl (C=O) groups excluding carboxylic acids is 1. The minimum atomic E-state index is 0.164. The lowest BCUT2D eigenvalue weighted by atomic mass is 10.3. The van der Waals surface area contributed by atoms with Gasteiger partial charge < -0.3 is 10.2 Å². The highest BCUT2D eigenvalue weighted by molar-refractivity contribution is 5.96. The first-order valence-corrected chi connectivity index (χ1v) is 4.69. The van der Waals surface area contributed by atoms with Gasteiger partial charge >= 0.3 is 0 Å². The van der Waals surface area contributed by atoms with E-state index in [0.717, 1.165) is 12.2 Å². The maximum absolute atomic E-state index is 11.6. The van der Waals surface area contributed by atoms with Gasteiger partial charge in [0.1, 0.15) is 0 Å². The van der Waals surface area contributed by atoms with Crippen molar-refractivity contribution < 1.29 is 4.79 Å². The summed E-state index contributed by atoms with van der Waals surface area (Å²) in [6.07, 6.45) is 4.00. The minimum absolute atomic E-state index is 0.164. The van der Waals surface area contributed by atoms with Crippen LogP contribution < -0.4 is 10.2 Å². The van der Waals surface area contributed by atoms with Crippen molar-refractivity contribution in [2.75, 3.05) is 18.5 Å². The normalized spacial score (nSPS) is 21.6. The number of aromatic nitrogens is 1. The van der Waals surface area contributed by atoms with Crippen LogP contribution in [0, 0.1) is 0 Å². The molecule has 1 aromatic rings. The van der Waals surface area contributed by atoms with Crippen LogP contribution in [0.5, 0.6) is 0 Å². The SMILES string of the molecule is CNC1CC(=O)N(c2cccnc2)C1. The fraction of sp³-hybridized carbons (Fsp3) is 0.400. The van der Waals surface area contributed by atoms with Crippen molar-refractivity contribution in [3.05, 3.63) is 24.5 Å². The van der Waals surface area contributed by atoms with E-state index in [1.165, 1.54) is 0 Å². The Kier molecular flexibility index (Phi) is 2.45. The monoisotopic (exact) mass is 191 g/mol. The molecule has 14 heavy (non-hydrogen) atoms. The number of likely N-dealkylation sites (N-methyl/N-ethyl adjacent to an activating group) is 1. The highest BCUT2D eigenvalue weighted by atomic mass is 16.2. The summed E-state index contributed by atoms with van der Waals surface area (Å²) < 4.78 is 0. The van der Waals surface area contributed by atoms with E-state index in [4.69, 9.17) is 0 Å². The van der Waals surface area contributed by atoms with Crippen molar-refractivity contribution in [3.63, 3.8) is 0 Å². The fourth-order valence-electron chi connectivity index (χ4n) is 1.66. The molecule has 2 heterocycles. The average molecular weight is 191 g/mol. The molecule has 0 spiro atoms. The van der Waals surface area contributed by atoms with Crippen LogP contribution in [-0.4, -0.2) is 30.5 Å². The van der Waals surface area contributed by atoms with Crippen LogP contribution in [0.2, 0.25) is 0 Å². The third-order valence-corrected chi connectivity index (χ3v) is 2.49. The van der Waals surface area contributed by atoms with Gasteiger partial charge in [0.25, 0.3) is 0 Å². The second-order valence-electron chi connectivity index (χ2n) is 3.41. The number of amides is 1. The van der Waals surface area contributed by atoms with Crippen molar-refractivity contribution >= 4 is 11.6 Å². The van der Waals surface area contributed by atoms with Gasteiger partial charge in [-0.3, -0.25) is 9.78 Å². The maximum Gasteiger partial charge on any atom is 0.228 e. The average Bonchev–Trinajstić information content (AvgIpc) is 2.61. The standard InChI is InChI=1S/C10H13N3O/c1-11-8-5-10(14)13(7-8)9-3-2-4-12-6-9/h2-4,6,8,11H,5,7H2,1H3. The van der Waals surface area contributed by atoms with Crippen molar-refractivity contribution in [2.45, 2.75) is 12.5 Å². The molecule has 1 unspecified atom stereocenters. The van der Waals surface area contributed by atoms with E-state index in [0.29, 0.717) is 6.42 Å². The number of pyridine rings is 1. The second-order valence-corrected chi connectivity index (χ2v) is 3.41. The summed E-state index contributed by atoms with van der Waals surface area (Å²) in [6, 6.07) is 4.01. The highest BCUT2D eigenvalue weighted by Gasteiger charge is 2.29. The molecule has 1 amide bonds. The summed E-state index contributed by atoms with van der Waals surface area (Å²) in [4.78, 5) is 17.4. The zero-order chi connectivity index (χ0) is 9.97. The molecule has 0 saturated carbocycles. The molecule has 1 aliphatic heterocycles. The first kappa shape index (κ1) is 9.15. The zero-order valence-corrected chi connectivity index (χ0v) is 8.10. The summed E-state index contributed by atoms with van der Waals surface area (Å²) in [7, 11) is 1.88. The lowest BCUT2D eigenvalue weighted by Gasteiger charge is -2.15. The van der Waals surface area contributed by atoms with Gasteiger partial charge in [-0.2, -0.15) is 0 Å². The van der Waals surface area contributed by atoms with Crippen LogP contribution in [0.25, 0.3) is 0 Å². The molecule has 0 radical (unpaired) electrons. The molecule has 1 saturated heterocycles. The Morgan fingerprint density at radius 1 is 1.64 bits per heavy atom. The van der Waals surface area contributed by atoms with Crippen molar-refractivity contribution in [3.8, 4) is 0 Å². The van der Waals surface area contributed by atoms with E-state index in [9.17, 15) is 4.79 Å². The molecule has 1 N–H and O–H groups in total. The number of rotatable bonds is 2. The largest absolute Gasteiger partial charge is 0.315 e. The van der Waals surface area contributed by atoms with Crippen LogP contribution >= 0.6 is 0 Å². The Balaban J connectivity index is 2.17. The zero-order valence-electron chi connectivity index (χ0n) is 8.10. The van der Waals surface area contributed by atoms with Gasteiger partial charge in [-0.25, -0.2) is 0 Å². The molecule has 0 aliphatic carbocycles. The highest BCUT2D eigenvalue weighted by Crippen LogP contribution is 2.19. The van der Waals surface area contributed by atoms with E-state index in [-0.39, 0.29) is 11.9 Å². The van der Waals surface area contributed by atoms with Crippen LogP contribution in [0.3, 0.4) is 0 Å². The lowest BCUT2D eigenvalue weighted by Crippen LogP contribution is -2.30. The van der Waals surface area contributed by atoms with Crippen molar-refractivity contribution in [2.24, 2.45) is 0 Å². The Hall–Kier alpha value is -1.42. The van der Waals surface area contributed by atoms with Gasteiger partial charge in [-0.1, -0.05) is 0 Å². The quantitative estimate of drug-likeness (QED) is 0.736. The van der Waals surface area contributed by atoms with E-state index >= 15 is 0 Å². The van der Waals surface area contributed by atoms with E-state index in [1.807, 2.05) is 19.2 Å². The van der Waals surface area contributed by atoms with Crippen LogP contribution in [-0.2, 0) is 4.79 Å². The fourth-order valence-corrected chi connectivity index (χ4v) is 1.66. The van der Waals surface area contributed by atoms with Gasteiger partial charge in [0.15, 0.2) is 0 Å². The van der Waals surface area contributed by atoms with Gasteiger partial charge in [0.2, 0.25) is 5.91 Å². The van der Waals surface area contributed by atoms with Gasteiger partial charge in [0.05, 0.1) is 11.9 Å². The molecule has 4 nitrogen and oxygen atoms in total. The number of nitrogens with one attached hydrogen (secondary N) is 1. The van der Waals surface area contributed by atoms with Crippen LogP contribution in [0.15, 0.2) is 24.5 Å². The summed E-state index contributed by atoms with van der Waals surface area (Å²) in [5, 5.41) is 3.11. The van der Waals surface area contributed by atoms with Crippen molar-refractivity contribution in [1.82, 2.24) is 10.3 Å². The molecule has 1 atom stereocenters. The second kappa shape index (κ2) is 3.75. The number of hydrogen-bond donors (Lipinski definition) is 1. The molecule has 74 valence electrons. The Bertz CT molecular complexity index is 325. The van der Waals surface area contributed by atoms with Crippen LogP contribution in [0.1, 0.15) is 6.42 Å². The molecular weight excluding hydrogens is 178 g/mol. The number of nitrogens with zero attached hydrogens (tertiary/aromatic N) is 2. The molecule has 0 aromatic carbocycles. The van der Waals surface area contributed by atoms with Crippen molar-refractivity contribution in [1.29, 1.82) is 0 Å². The lowest BCUT2D eigenvalue weighted by molar-refractivity contribution is -0.117. The molecular formula is C10H13N3O. The molecule has 4 heteroatoms. The summed E-state index contributed by atoms with van der Waals surface area (Å²) in [5.74, 6) is 0.164. The van der Waals surface area contributed by atoms with Crippen LogP contribution in [0.4, 0.5) is 5.69 Å². The smallest absolute Gasteiger partial charge is 0.228 e. The van der Waals surface area contributed by atoms with E-state index in [1.54, 1.807) is 17.3 Å². The Labute approximate surface area is 82.9 Å². The number of hydrogen-bond acceptors (Lipinski definition) is 3. The summed E-state index contributed by atoms with van der Waals surface area (Å²) in [5.41, 5.74) is 0.884. The molecule has 0 bridgehead atoms. The molecule has 1 aliphatic rings. The van der Waals surface area contributed by atoms with Gasteiger partial charge in [0, 0.05) is 25.2 Å². The van der Waals surface area contributed by atoms with Gasteiger partial charge in [-0.05, 0) is 19.2 Å². The summed E-state index contributed by atoms with van der Waals surface area (Å²) >= 11 is 0. The summed E-state index contributed by atoms with van der Waals surface area (Å²) in [6.45, 7) is 0.737. The topological polar surface area (TPSA) is 45.2 Å². The minimum Gasteiger partial charge on any atom is -0.315 e. The van der Waals surface area contributed by atoms with Gasteiger partial charge in [-0.15, -0.1) is 0 Å². The third kappa shape index (κ3) is 1.61. The third-order valence-electron chi connectivity index (χ3n) is 2.49. The number of carbonyl (C=O) groups is 1. The molecule has 1 aromatic heterocycles. The molecule has 1 fully saturated rings.